The van der Waals surface area contributed by atoms with Crippen molar-refractivity contribution in [1.29, 1.82) is 0 Å². The Morgan fingerprint density at radius 3 is 2.58 bits per heavy atom. The number of pyridine rings is 2. The molecule has 2 N–H and O–H groups in total. The Bertz CT molecular complexity index is 1650. The molecule has 10 nitrogen and oxygen atoms in total. The van der Waals surface area contributed by atoms with E-state index in [-0.39, 0.29) is 23.4 Å². The van der Waals surface area contributed by atoms with Crippen molar-refractivity contribution < 1.29 is 22.7 Å². The van der Waals surface area contributed by atoms with Crippen LogP contribution in [-0.2, 0) is 27.8 Å². The molecule has 2 amide bonds. The third kappa shape index (κ3) is 5.81. The number of benzene rings is 2. The fraction of sp³-hybridized carbons (Fsp3) is 0.143. The Hall–Kier alpha value is -4.32. The lowest BCUT2D eigenvalue weighted by molar-refractivity contribution is -0.119. The molecule has 1 atom stereocenters. The molecule has 0 radical (unpaired) electrons. The van der Waals surface area contributed by atoms with Crippen molar-refractivity contribution >= 4 is 44.9 Å². The minimum atomic E-state index is -4.20. The predicted molar refractivity (Wildman–Crippen MR) is 150 cm³/mol. The summed E-state index contributed by atoms with van der Waals surface area (Å²) in [5, 5.41) is 5.89. The highest BCUT2D eigenvalue weighted by Gasteiger charge is 2.39. The minimum Gasteiger partial charge on any atom is -0.495 e. The van der Waals surface area contributed by atoms with E-state index < -0.39 is 27.9 Å². The molecule has 1 aliphatic heterocycles. The Morgan fingerprint density at radius 1 is 1.10 bits per heavy atom. The van der Waals surface area contributed by atoms with Gasteiger partial charge < -0.3 is 15.4 Å². The van der Waals surface area contributed by atoms with Crippen LogP contribution in [0.3, 0.4) is 0 Å². The van der Waals surface area contributed by atoms with Crippen LogP contribution in [-0.4, -0.2) is 47.7 Å². The molecule has 2 aromatic carbocycles. The molecule has 5 rings (SSSR count). The summed E-state index contributed by atoms with van der Waals surface area (Å²) in [6.07, 6.45) is 3.11. The zero-order chi connectivity index (χ0) is 28.3. The highest BCUT2D eigenvalue weighted by Crippen LogP contribution is 2.31. The topological polar surface area (TPSA) is 131 Å². The Kier molecular flexibility index (Phi) is 7.78. The van der Waals surface area contributed by atoms with Gasteiger partial charge in [-0.2, -0.15) is 4.31 Å². The van der Waals surface area contributed by atoms with Crippen LogP contribution in [0, 0.1) is 0 Å². The molecule has 2 aromatic heterocycles. The largest absolute Gasteiger partial charge is 0.495 e. The van der Waals surface area contributed by atoms with Crippen molar-refractivity contribution in [2.75, 3.05) is 17.7 Å². The predicted octanol–water partition coefficient (Wildman–Crippen LogP) is 4.15. The van der Waals surface area contributed by atoms with Crippen LogP contribution in [0.4, 0.5) is 11.5 Å². The van der Waals surface area contributed by atoms with E-state index in [1.807, 2.05) is 0 Å². The zero-order valence-corrected chi connectivity index (χ0v) is 22.8. The van der Waals surface area contributed by atoms with Gasteiger partial charge in [0.15, 0.2) is 0 Å². The fourth-order valence-corrected chi connectivity index (χ4v) is 6.01. The summed E-state index contributed by atoms with van der Waals surface area (Å²) in [4.78, 5) is 34.4. The molecule has 1 aliphatic rings. The molecule has 0 aliphatic carbocycles. The first-order valence-electron chi connectivity index (χ1n) is 12.2. The van der Waals surface area contributed by atoms with Crippen molar-refractivity contribution in [3.05, 3.63) is 107 Å². The van der Waals surface area contributed by atoms with Gasteiger partial charge in [-0.1, -0.05) is 23.7 Å². The summed E-state index contributed by atoms with van der Waals surface area (Å²) in [5.41, 5.74) is 1.83. The van der Waals surface area contributed by atoms with Crippen LogP contribution in [0.1, 0.15) is 21.6 Å². The standard InChI is InChI=1S/C28H24ClN5O5S/c1-39-22-9-12-26(31-16-22)33-27(35)18-6-10-23(11-7-18)40(37,38)34-17-19-5-8-20(29)14-24(19)32-28(36)25(34)15-21-4-2-3-13-30-21/h2-14,16,25H,15,17H2,1H3,(H,32,36)(H,31,33,35)/t25-/m0/s1. The van der Waals surface area contributed by atoms with Crippen LogP contribution in [0.15, 0.2) is 90.1 Å². The van der Waals surface area contributed by atoms with Gasteiger partial charge in [0.2, 0.25) is 15.9 Å². The van der Waals surface area contributed by atoms with E-state index in [4.69, 9.17) is 16.3 Å². The molecule has 0 fully saturated rings. The average molecular weight is 578 g/mol. The number of rotatable bonds is 7. The maximum Gasteiger partial charge on any atom is 0.256 e. The normalized spacial score (nSPS) is 15.4. The van der Waals surface area contributed by atoms with Gasteiger partial charge in [0.05, 0.1) is 18.2 Å². The SMILES string of the molecule is COc1ccc(NC(=O)c2ccc(S(=O)(=O)N3Cc4ccc(Cl)cc4NC(=O)[C@@H]3Cc3ccccn3)cc2)nc1. The number of carbonyl (C=O) groups excluding carboxylic acids is 2. The Morgan fingerprint density at radius 2 is 1.90 bits per heavy atom. The summed E-state index contributed by atoms with van der Waals surface area (Å²) in [6, 6.07) is 17.8. The first kappa shape index (κ1) is 27.3. The molecule has 12 heteroatoms. The van der Waals surface area contributed by atoms with Crippen LogP contribution < -0.4 is 15.4 Å². The molecule has 4 aromatic rings. The summed E-state index contributed by atoms with van der Waals surface area (Å²) < 4.78 is 34.2. The molecule has 0 saturated carbocycles. The molecule has 3 heterocycles. The summed E-state index contributed by atoms with van der Waals surface area (Å²) in [5.74, 6) is -0.108. The number of fused-ring (bicyclic) bond motifs is 1. The fourth-order valence-electron chi connectivity index (χ4n) is 4.27. The molecule has 204 valence electrons. The smallest absolute Gasteiger partial charge is 0.256 e. The number of sulfonamides is 1. The summed E-state index contributed by atoms with van der Waals surface area (Å²) in [6.45, 7) is -0.0730. The van der Waals surface area contributed by atoms with E-state index in [0.717, 1.165) is 4.31 Å². The van der Waals surface area contributed by atoms with Crippen LogP contribution in [0.2, 0.25) is 5.02 Å². The number of aromatic nitrogens is 2. The quantitative estimate of drug-likeness (QED) is 0.337. The van der Waals surface area contributed by atoms with E-state index in [2.05, 4.69) is 20.6 Å². The van der Waals surface area contributed by atoms with Gasteiger partial charge >= 0.3 is 0 Å². The number of hydrogen-bond donors (Lipinski definition) is 2. The number of amides is 2. The van der Waals surface area contributed by atoms with Gasteiger partial charge in [-0.05, 0) is 66.2 Å². The third-order valence-electron chi connectivity index (χ3n) is 6.37. The van der Waals surface area contributed by atoms with Gasteiger partial charge in [0, 0.05) is 41.1 Å². The molecule has 0 unspecified atom stereocenters. The van der Waals surface area contributed by atoms with Gasteiger partial charge in [-0.3, -0.25) is 14.6 Å². The molecule has 40 heavy (non-hydrogen) atoms. The summed E-state index contributed by atoms with van der Waals surface area (Å²) in [7, 11) is -2.68. The van der Waals surface area contributed by atoms with Crippen LogP contribution >= 0.6 is 11.6 Å². The second kappa shape index (κ2) is 11.4. The van der Waals surface area contributed by atoms with Crippen molar-refractivity contribution in [2.45, 2.75) is 23.9 Å². The highest BCUT2D eigenvalue weighted by molar-refractivity contribution is 7.89. The number of hydrogen-bond acceptors (Lipinski definition) is 7. The maximum atomic E-state index is 14.0. The molecule has 0 bridgehead atoms. The number of methoxy groups -OCH3 is 1. The third-order valence-corrected chi connectivity index (χ3v) is 8.48. The van der Waals surface area contributed by atoms with Gasteiger partial charge in [-0.15, -0.1) is 0 Å². The van der Waals surface area contributed by atoms with Crippen molar-refractivity contribution in [1.82, 2.24) is 14.3 Å². The first-order valence-corrected chi connectivity index (χ1v) is 14.0. The van der Waals surface area contributed by atoms with Crippen molar-refractivity contribution in [3.63, 3.8) is 0 Å². The van der Waals surface area contributed by atoms with Gasteiger partial charge in [-0.25, -0.2) is 13.4 Å². The lowest BCUT2D eigenvalue weighted by Crippen LogP contribution is -2.46. The van der Waals surface area contributed by atoms with E-state index in [1.165, 1.54) is 37.6 Å². The number of nitrogens with zero attached hydrogens (tertiary/aromatic N) is 3. The van der Waals surface area contributed by atoms with Gasteiger partial charge in [0.1, 0.15) is 17.6 Å². The lowest BCUT2D eigenvalue weighted by Gasteiger charge is -2.27. The van der Waals surface area contributed by atoms with E-state index in [0.29, 0.717) is 33.5 Å². The highest BCUT2D eigenvalue weighted by atomic mass is 35.5. The Labute approximate surface area is 236 Å². The minimum absolute atomic E-state index is 0.0585. The van der Waals surface area contributed by atoms with Crippen molar-refractivity contribution in [2.24, 2.45) is 0 Å². The molecule has 0 spiro atoms. The number of nitrogens with one attached hydrogen (secondary N) is 2. The number of ether oxygens (including phenoxy) is 1. The monoisotopic (exact) mass is 577 g/mol. The molecular weight excluding hydrogens is 554 g/mol. The second-order valence-electron chi connectivity index (χ2n) is 8.94. The second-order valence-corrected chi connectivity index (χ2v) is 11.3. The molecule has 0 saturated heterocycles. The maximum absolute atomic E-state index is 14.0. The van der Waals surface area contributed by atoms with E-state index in [1.54, 1.807) is 54.7 Å². The van der Waals surface area contributed by atoms with E-state index in [9.17, 15) is 18.0 Å². The Balaban J connectivity index is 1.44. The summed E-state index contributed by atoms with van der Waals surface area (Å²) >= 11 is 6.14. The van der Waals surface area contributed by atoms with Crippen LogP contribution in [0.5, 0.6) is 5.75 Å². The number of anilines is 2. The number of halogens is 1. The van der Waals surface area contributed by atoms with Crippen LogP contribution in [0.25, 0.3) is 0 Å². The lowest BCUT2D eigenvalue weighted by atomic mass is 10.1. The average Bonchev–Trinajstić information content (AvgIpc) is 3.10. The number of carbonyl (C=O) groups is 2. The first-order chi connectivity index (χ1) is 19.2. The molecular formula is C28H24ClN5O5S. The van der Waals surface area contributed by atoms with Gasteiger partial charge in [0.25, 0.3) is 5.91 Å². The van der Waals surface area contributed by atoms with E-state index >= 15 is 0 Å². The van der Waals surface area contributed by atoms with Crippen molar-refractivity contribution in [3.8, 4) is 5.75 Å². The zero-order valence-electron chi connectivity index (χ0n) is 21.2.